The molecule has 2 amide bonds. The van der Waals surface area contributed by atoms with Crippen LogP contribution in [0.1, 0.15) is 24.8 Å². The van der Waals surface area contributed by atoms with Crippen molar-refractivity contribution in [3.05, 3.63) is 29.1 Å². The number of halogens is 2. The summed E-state index contributed by atoms with van der Waals surface area (Å²) in [5.74, 6) is 2.11. The summed E-state index contributed by atoms with van der Waals surface area (Å²) in [7, 11) is 2.09. The normalized spacial score (nSPS) is 20.7. The zero-order valence-corrected chi connectivity index (χ0v) is 21.0. The molecule has 3 heterocycles. The van der Waals surface area contributed by atoms with E-state index in [1.165, 1.54) is 17.8 Å². The SMILES string of the molecule is Cc1cc(-c2nc(NC(=O)N[C@H]3CCCN(C)C3)cs2)ccc1OC[C@H]1CCNC1.Cl.Cl. The van der Waals surface area contributed by atoms with Gasteiger partial charge in [-0.2, -0.15) is 0 Å². The number of nitrogens with one attached hydrogen (secondary N) is 3. The van der Waals surface area contributed by atoms with Gasteiger partial charge in [0.2, 0.25) is 0 Å². The summed E-state index contributed by atoms with van der Waals surface area (Å²) in [6, 6.07) is 6.16. The van der Waals surface area contributed by atoms with E-state index in [0.717, 1.165) is 67.5 Å². The van der Waals surface area contributed by atoms with Crippen molar-refractivity contribution >= 4 is 48.0 Å². The molecule has 10 heteroatoms. The average Bonchev–Trinajstić information content (AvgIpc) is 3.39. The van der Waals surface area contributed by atoms with E-state index >= 15 is 0 Å². The lowest BCUT2D eigenvalue weighted by Gasteiger charge is -2.30. The Morgan fingerprint density at radius 2 is 2.19 bits per heavy atom. The van der Waals surface area contributed by atoms with Crippen molar-refractivity contribution in [3.8, 4) is 16.3 Å². The van der Waals surface area contributed by atoms with Crippen LogP contribution >= 0.6 is 36.2 Å². The molecular weight excluding hydrogens is 469 g/mol. The minimum absolute atomic E-state index is 0. The first-order valence-electron chi connectivity index (χ1n) is 10.7. The van der Waals surface area contributed by atoms with Gasteiger partial charge in [-0.25, -0.2) is 9.78 Å². The van der Waals surface area contributed by atoms with E-state index in [0.29, 0.717) is 11.7 Å². The van der Waals surface area contributed by atoms with Gasteiger partial charge in [-0.3, -0.25) is 5.32 Å². The Bertz CT molecular complexity index is 876. The summed E-state index contributed by atoms with van der Waals surface area (Å²) in [5, 5.41) is 12.1. The lowest BCUT2D eigenvalue weighted by molar-refractivity contribution is 0.216. The van der Waals surface area contributed by atoms with E-state index in [1.54, 1.807) is 0 Å². The van der Waals surface area contributed by atoms with Gasteiger partial charge < -0.3 is 20.3 Å². The van der Waals surface area contributed by atoms with Crippen LogP contribution in [0, 0.1) is 12.8 Å². The zero-order chi connectivity index (χ0) is 20.9. The molecule has 2 saturated heterocycles. The Balaban J connectivity index is 0.00000181. The third kappa shape index (κ3) is 7.22. The summed E-state index contributed by atoms with van der Waals surface area (Å²) in [6.07, 6.45) is 3.31. The third-order valence-electron chi connectivity index (χ3n) is 5.76. The second kappa shape index (κ2) is 12.6. The second-order valence-corrected chi connectivity index (χ2v) is 9.25. The van der Waals surface area contributed by atoms with Gasteiger partial charge in [0.25, 0.3) is 0 Å². The number of nitrogens with zero attached hydrogens (tertiary/aromatic N) is 2. The number of aromatic nitrogens is 1. The number of likely N-dealkylation sites (N-methyl/N-ethyl adjacent to an activating group) is 1. The molecule has 178 valence electrons. The molecule has 0 spiro atoms. The number of hydrogen-bond acceptors (Lipinski definition) is 6. The molecule has 1 aromatic heterocycles. The van der Waals surface area contributed by atoms with Crippen molar-refractivity contribution in [2.75, 3.05) is 45.2 Å². The molecule has 2 aromatic rings. The molecule has 3 N–H and O–H groups in total. The minimum Gasteiger partial charge on any atom is -0.493 e. The number of benzene rings is 1. The molecule has 4 rings (SSSR count). The van der Waals surface area contributed by atoms with E-state index in [-0.39, 0.29) is 36.9 Å². The van der Waals surface area contributed by atoms with E-state index in [2.05, 4.69) is 45.9 Å². The van der Waals surface area contributed by atoms with Gasteiger partial charge in [0.15, 0.2) is 0 Å². The number of ether oxygens (including phenoxy) is 1. The Hall–Kier alpha value is -1.58. The smallest absolute Gasteiger partial charge is 0.320 e. The number of piperidine rings is 1. The Morgan fingerprint density at radius 3 is 2.91 bits per heavy atom. The monoisotopic (exact) mass is 501 g/mol. The summed E-state index contributed by atoms with van der Waals surface area (Å²) >= 11 is 1.53. The molecule has 2 aliphatic heterocycles. The van der Waals surface area contributed by atoms with Crippen LogP contribution in [0.5, 0.6) is 5.75 Å². The summed E-state index contributed by atoms with van der Waals surface area (Å²) < 4.78 is 6.02. The van der Waals surface area contributed by atoms with E-state index in [9.17, 15) is 4.79 Å². The third-order valence-corrected chi connectivity index (χ3v) is 6.66. The van der Waals surface area contributed by atoms with Gasteiger partial charge in [-0.1, -0.05) is 0 Å². The molecule has 1 aromatic carbocycles. The highest BCUT2D eigenvalue weighted by atomic mass is 35.5. The topological polar surface area (TPSA) is 78.5 Å². The number of anilines is 1. The van der Waals surface area contributed by atoms with Crippen LogP contribution in [-0.4, -0.2) is 61.8 Å². The number of carbonyl (C=O) groups is 1. The number of carbonyl (C=O) groups excluding carboxylic acids is 1. The Kier molecular flexibility index (Phi) is 10.5. The maximum Gasteiger partial charge on any atom is 0.320 e. The Labute approximate surface area is 206 Å². The number of aryl methyl sites for hydroxylation is 1. The lowest BCUT2D eigenvalue weighted by Crippen LogP contribution is -2.47. The van der Waals surface area contributed by atoms with Crippen LogP contribution in [0.2, 0.25) is 0 Å². The van der Waals surface area contributed by atoms with E-state index in [1.807, 2.05) is 17.5 Å². The van der Waals surface area contributed by atoms with Crippen LogP contribution in [0.3, 0.4) is 0 Å². The molecule has 0 unspecified atom stereocenters. The van der Waals surface area contributed by atoms with Crippen molar-refractivity contribution in [3.63, 3.8) is 0 Å². The molecule has 32 heavy (non-hydrogen) atoms. The van der Waals surface area contributed by atoms with E-state index < -0.39 is 0 Å². The highest BCUT2D eigenvalue weighted by molar-refractivity contribution is 7.13. The molecule has 2 atom stereocenters. The van der Waals surface area contributed by atoms with E-state index in [4.69, 9.17) is 4.74 Å². The molecule has 2 fully saturated rings. The van der Waals surface area contributed by atoms with Crippen molar-refractivity contribution in [1.82, 2.24) is 20.5 Å². The average molecular weight is 503 g/mol. The maximum atomic E-state index is 12.3. The van der Waals surface area contributed by atoms with Gasteiger partial charge in [0.05, 0.1) is 6.61 Å². The number of thiazole rings is 1. The first-order valence-corrected chi connectivity index (χ1v) is 11.6. The summed E-state index contributed by atoms with van der Waals surface area (Å²) in [4.78, 5) is 19.2. The molecule has 0 aliphatic carbocycles. The number of rotatable bonds is 6. The molecule has 0 saturated carbocycles. The quantitative estimate of drug-likeness (QED) is 0.553. The molecule has 0 radical (unpaired) electrons. The van der Waals surface area contributed by atoms with Gasteiger partial charge in [-0.05, 0) is 70.1 Å². The van der Waals surface area contributed by atoms with Crippen LogP contribution in [0.25, 0.3) is 10.6 Å². The fourth-order valence-corrected chi connectivity index (χ4v) is 4.84. The predicted octanol–water partition coefficient (Wildman–Crippen LogP) is 4.17. The Morgan fingerprint density at radius 1 is 1.34 bits per heavy atom. The standard InChI is InChI=1S/C22H31N5O2S.2ClH/c1-15-10-17(5-6-19(15)29-13-16-7-8-23-11-16)21-25-20(14-30-21)26-22(28)24-18-4-3-9-27(2)12-18;;/h5-6,10,14,16,18,23H,3-4,7-9,11-13H2,1-2H3,(H2,24,26,28);2*1H/t16-,18-;;/m0../s1. The summed E-state index contributed by atoms with van der Waals surface area (Å²) in [5.41, 5.74) is 2.14. The highest BCUT2D eigenvalue weighted by Gasteiger charge is 2.19. The highest BCUT2D eigenvalue weighted by Crippen LogP contribution is 2.30. The molecule has 7 nitrogen and oxygen atoms in total. The zero-order valence-electron chi connectivity index (χ0n) is 18.6. The fourth-order valence-electron chi connectivity index (χ4n) is 4.09. The lowest BCUT2D eigenvalue weighted by atomic mass is 10.1. The number of likely N-dealkylation sites (tertiary alicyclic amines) is 1. The minimum atomic E-state index is -0.187. The van der Waals surface area contributed by atoms with Crippen molar-refractivity contribution in [2.45, 2.75) is 32.2 Å². The number of hydrogen-bond donors (Lipinski definition) is 3. The van der Waals surface area contributed by atoms with Gasteiger partial charge in [0, 0.05) is 36.0 Å². The predicted molar refractivity (Wildman–Crippen MR) is 136 cm³/mol. The maximum absolute atomic E-state index is 12.3. The largest absolute Gasteiger partial charge is 0.493 e. The first-order chi connectivity index (χ1) is 14.6. The van der Waals surface area contributed by atoms with Crippen LogP contribution in [-0.2, 0) is 0 Å². The van der Waals surface area contributed by atoms with Crippen LogP contribution in [0.15, 0.2) is 23.6 Å². The summed E-state index contributed by atoms with van der Waals surface area (Å²) in [6.45, 7) is 6.92. The van der Waals surface area contributed by atoms with Crippen molar-refractivity contribution in [2.24, 2.45) is 5.92 Å². The number of amides is 2. The fraction of sp³-hybridized carbons (Fsp3) is 0.545. The van der Waals surface area contributed by atoms with Crippen molar-refractivity contribution in [1.29, 1.82) is 0 Å². The van der Waals surface area contributed by atoms with Gasteiger partial charge in [-0.15, -0.1) is 36.2 Å². The molecule has 2 aliphatic rings. The van der Waals surface area contributed by atoms with Crippen LogP contribution in [0.4, 0.5) is 10.6 Å². The molecular formula is C22H33Cl2N5O2S. The van der Waals surface area contributed by atoms with Gasteiger partial charge >= 0.3 is 6.03 Å². The first kappa shape index (κ1) is 26.7. The van der Waals surface area contributed by atoms with Crippen LogP contribution < -0.4 is 20.7 Å². The van der Waals surface area contributed by atoms with Crippen molar-refractivity contribution < 1.29 is 9.53 Å². The second-order valence-electron chi connectivity index (χ2n) is 8.39. The molecule has 0 bridgehead atoms. The van der Waals surface area contributed by atoms with Gasteiger partial charge in [0.1, 0.15) is 16.6 Å². The number of urea groups is 1.